The van der Waals surface area contributed by atoms with E-state index in [9.17, 15) is 9.90 Å². The number of hydrogen-bond acceptors (Lipinski definition) is 8. The third-order valence-electron chi connectivity index (χ3n) is 4.08. The van der Waals surface area contributed by atoms with Crippen LogP contribution in [0.25, 0.3) is 22.2 Å². The number of ether oxygens (including phenoxy) is 1. The number of fused-ring (bicyclic) bond motifs is 1. The summed E-state index contributed by atoms with van der Waals surface area (Å²) in [5, 5.41) is 17.0. The van der Waals surface area contributed by atoms with Gasteiger partial charge in [0.25, 0.3) is 0 Å². The molecule has 0 fully saturated rings. The van der Waals surface area contributed by atoms with Crippen molar-refractivity contribution in [3.05, 3.63) is 69.9 Å². The maximum Gasteiger partial charge on any atom is 0.345 e. The first-order valence-corrected chi connectivity index (χ1v) is 9.75. The molecule has 0 unspecified atom stereocenters. The smallest absolute Gasteiger partial charge is 0.345 e. The summed E-state index contributed by atoms with van der Waals surface area (Å²) >= 11 is 1.33. The van der Waals surface area contributed by atoms with E-state index in [-0.39, 0.29) is 5.75 Å². The Morgan fingerprint density at radius 2 is 2.14 bits per heavy atom. The van der Waals surface area contributed by atoms with Gasteiger partial charge in [0.05, 0.1) is 24.1 Å². The molecule has 0 aliphatic heterocycles. The van der Waals surface area contributed by atoms with E-state index in [1.54, 1.807) is 41.9 Å². The van der Waals surface area contributed by atoms with Gasteiger partial charge in [-0.25, -0.2) is 9.78 Å². The van der Waals surface area contributed by atoms with Gasteiger partial charge >= 0.3 is 5.63 Å². The fraction of sp³-hybridized carbons (Fsp3) is 0.0952. The minimum atomic E-state index is -0.434. The first-order chi connectivity index (χ1) is 14.1. The highest BCUT2D eigenvalue weighted by Crippen LogP contribution is 2.27. The predicted octanol–water partition coefficient (Wildman–Crippen LogP) is 4.47. The van der Waals surface area contributed by atoms with Gasteiger partial charge in [0.15, 0.2) is 11.5 Å². The van der Waals surface area contributed by atoms with Crippen molar-refractivity contribution in [1.82, 2.24) is 4.98 Å². The van der Waals surface area contributed by atoms with Crippen LogP contribution in [0, 0.1) is 0 Å². The maximum atomic E-state index is 12.3. The maximum absolute atomic E-state index is 12.3. The van der Waals surface area contributed by atoms with E-state index in [0.717, 1.165) is 10.9 Å². The highest BCUT2D eigenvalue weighted by Gasteiger charge is 2.11. The molecular formula is C21H17N3O4S. The Balaban J connectivity index is 1.52. The van der Waals surface area contributed by atoms with Crippen LogP contribution in [0.4, 0.5) is 5.13 Å². The van der Waals surface area contributed by atoms with Crippen LogP contribution in [0.15, 0.2) is 68.2 Å². The Kier molecular flexibility index (Phi) is 5.26. The zero-order chi connectivity index (χ0) is 20.2. The van der Waals surface area contributed by atoms with Gasteiger partial charge in [-0.15, -0.1) is 11.3 Å². The fourth-order valence-electron chi connectivity index (χ4n) is 2.73. The molecule has 0 radical (unpaired) electrons. The fourth-order valence-corrected chi connectivity index (χ4v) is 3.39. The van der Waals surface area contributed by atoms with Crippen molar-refractivity contribution < 1.29 is 14.3 Å². The Morgan fingerprint density at radius 3 is 3.00 bits per heavy atom. The lowest BCUT2D eigenvalue weighted by atomic mass is 10.1. The summed E-state index contributed by atoms with van der Waals surface area (Å²) < 4.78 is 10.7. The van der Waals surface area contributed by atoms with Gasteiger partial charge in [0.1, 0.15) is 5.58 Å². The molecule has 0 bridgehead atoms. The van der Waals surface area contributed by atoms with E-state index in [1.807, 2.05) is 25.1 Å². The summed E-state index contributed by atoms with van der Waals surface area (Å²) in [5.41, 5.74) is 4.63. The normalized spacial score (nSPS) is 11.2. The molecule has 2 aromatic heterocycles. The third-order valence-corrected chi connectivity index (χ3v) is 4.83. The van der Waals surface area contributed by atoms with Gasteiger partial charge in [-0.05, 0) is 42.8 Å². The van der Waals surface area contributed by atoms with Gasteiger partial charge in [0.2, 0.25) is 5.13 Å². The predicted molar refractivity (Wildman–Crippen MR) is 114 cm³/mol. The SMILES string of the molecule is CCOc1cc(/C=N/Nc2nc(-c3cc4ccccc4oc3=O)cs2)ccc1O. The van der Waals surface area contributed by atoms with Crippen LogP contribution in [0.2, 0.25) is 0 Å². The van der Waals surface area contributed by atoms with Gasteiger partial charge in [-0.3, -0.25) is 5.43 Å². The number of phenolic OH excluding ortho intramolecular Hbond substituents is 1. The largest absolute Gasteiger partial charge is 0.504 e. The standard InChI is InChI=1S/C21H17N3O4S/c1-2-27-19-9-13(7-8-17(19)25)11-22-24-21-23-16(12-29-21)15-10-14-5-3-4-6-18(14)28-20(15)26/h3-12,25H,2H2,1H3,(H,23,24)/b22-11+. The zero-order valence-corrected chi connectivity index (χ0v) is 16.3. The van der Waals surface area contributed by atoms with Gasteiger partial charge in [-0.1, -0.05) is 18.2 Å². The number of benzene rings is 2. The van der Waals surface area contributed by atoms with E-state index < -0.39 is 5.63 Å². The number of nitrogens with zero attached hydrogens (tertiary/aromatic N) is 2. The van der Waals surface area contributed by atoms with Crippen LogP contribution in [-0.4, -0.2) is 22.9 Å². The molecule has 2 N–H and O–H groups in total. The van der Waals surface area contributed by atoms with Crippen molar-refractivity contribution in [3.63, 3.8) is 0 Å². The Morgan fingerprint density at radius 1 is 1.28 bits per heavy atom. The Bertz CT molecular complexity index is 1250. The second-order valence-electron chi connectivity index (χ2n) is 6.05. The van der Waals surface area contributed by atoms with Crippen LogP contribution in [-0.2, 0) is 0 Å². The van der Waals surface area contributed by atoms with Crippen molar-refractivity contribution in [2.24, 2.45) is 5.10 Å². The number of thiazole rings is 1. The summed E-state index contributed by atoms with van der Waals surface area (Å²) in [6, 6.07) is 14.1. The molecule has 0 aliphatic carbocycles. The molecule has 0 saturated carbocycles. The van der Waals surface area contributed by atoms with E-state index in [4.69, 9.17) is 9.15 Å². The van der Waals surface area contributed by atoms with Crippen LogP contribution < -0.4 is 15.8 Å². The zero-order valence-electron chi connectivity index (χ0n) is 15.5. The van der Waals surface area contributed by atoms with Crippen molar-refractivity contribution in [3.8, 4) is 22.8 Å². The lowest BCUT2D eigenvalue weighted by Gasteiger charge is -2.05. The van der Waals surface area contributed by atoms with Crippen molar-refractivity contribution in [2.75, 3.05) is 12.0 Å². The van der Waals surface area contributed by atoms with E-state index in [0.29, 0.717) is 34.3 Å². The minimum Gasteiger partial charge on any atom is -0.504 e. The van der Waals surface area contributed by atoms with Crippen LogP contribution in [0.5, 0.6) is 11.5 Å². The number of hydrogen-bond donors (Lipinski definition) is 2. The Labute approximate surface area is 169 Å². The summed E-state index contributed by atoms with van der Waals surface area (Å²) in [5.74, 6) is 0.478. The van der Waals surface area contributed by atoms with E-state index in [1.165, 1.54) is 11.3 Å². The average molecular weight is 407 g/mol. The van der Waals surface area contributed by atoms with Crippen LogP contribution >= 0.6 is 11.3 Å². The summed E-state index contributed by atoms with van der Waals surface area (Å²) in [6.07, 6.45) is 1.59. The number of nitrogens with one attached hydrogen (secondary N) is 1. The van der Waals surface area contributed by atoms with Crippen LogP contribution in [0.1, 0.15) is 12.5 Å². The topological polar surface area (TPSA) is 97.0 Å². The molecule has 4 rings (SSSR count). The summed E-state index contributed by atoms with van der Waals surface area (Å²) in [7, 11) is 0. The lowest BCUT2D eigenvalue weighted by molar-refractivity contribution is 0.318. The molecule has 0 spiro atoms. The molecule has 0 amide bonds. The number of anilines is 1. The van der Waals surface area contributed by atoms with Gasteiger partial charge in [0, 0.05) is 10.8 Å². The molecule has 7 nitrogen and oxygen atoms in total. The second-order valence-corrected chi connectivity index (χ2v) is 6.91. The molecule has 0 aliphatic rings. The summed E-state index contributed by atoms with van der Waals surface area (Å²) in [4.78, 5) is 16.7. The van der Waals surface area contributed by atoms with Crippen LogP contribution in [0.3, 0.4) is 0 Å². The molecule has 2 heterocycles. The lowest BCUT2D eigenvalue weighted by Crippen LogP contribution is -2.02. The number of aromatic nitrogens is 1. The summed E-state index contributed by atoms with van der Waals surface area (Å²) in [6.45, 7) is 2.30. The first-order valence-electron chi connectivity index (χ1n) is 8.87. The van der Waals surface area contributed by atoms with Crippen molar-refractivity contribution >= 4 is 33.7 Å². The quantitative estimate of drug-likeness (QED) is 0.278. The second kappa shape index (κ2) is 8.15. The average Bonchev–Trinajstić information content (AvgIpc) is 3.18. The molecule has 8 heteroatoms. The number of para-hydroxylation sites is 1. The molecule has 0 saturated heterocycles. The molecule has 29 heavy (non-hydrogen) atoms. The number of hydrazone groups is 1. The monoisotopic (exact) mass is 407 g/mol. The molecule has 4 aromatic rings. The van der Waals surface area contributed by atoms with Crippen molar-refractivity contribution in [1.29, 1.82) is 0 Å². The number of aromatic hydroxyl groups is 1. The first kappa shape index (κ1) is 18.7. The molecule has 146 valence electrons. The highest BCUT2D eigenvalue weighted by atomic mass is 32.1. The van der Waals surface area contributed by atoms with Gasteiger partial charge in [-0.2, -0.15) is 5.10 Å². The highest BCUT2D eigenvalue weighted by molar-refractivity contribution is 7.14. The van der Waals surface area contributed by atoms with E-state index >= 15 is 0 Å². The van der Waals surface area contributed by atoms with Crippen molar-refractivity contribution in [2.45, 2.75) is 6.92 Å². The number of rotatable bonds is 6. The van der Waals surface area contributed by atoms with E-state index in [2.05, 4.69) is 15.5 Å². The minimum absolute atomic E-state index is 0.0794. The molecule has 0 atom stereocenters. The Hall–Kier alpha value is -3.65. The number of phenols is 1. The molecular weight excluding hydrogens is 390 g/mol. The third kappa shape index (κ3) is 4.12. The molecule has 2 aromatic carbocycles. The van der Waals surface area contributed by atoms with Gasteiger partial charge < -0.3 is 14.3 Å².